The molecule has 14 heteroatoms. The van der Waals surface area contributed by atoms with Crippen LogP contribution in [0.3, 0.4) is 0 Å². The van der Waals surface area contributed by atoms with Gasteiger partial charge in [-0.3, -0.25) is 0 Å². The third-order valence-electron chi connectivity index (χ3n) is 0.829. The summed E-state index contributed by atoms with van der Waals surface area (Å²) in [6, 6.07) is 0. The number of hydrogen-bond acceptors (Lipinski definition) is 4. The normalized spacial score (nSPS) is 14.4. The first-order chi connectivity index (χ1) is 6.21. The van der Waals surface area contributed by atoms with Crippen molar-refractivity contribution in [1.82, 2.24) is 4.13 Å². The summed E-state index contributed by atoms with van der Waals surface area (Å²) in [5.74, 6) is 0. The molecule has 0 saturated carbocycles. The van der Waals surface area contributed by atoms with Gasteiger partial charge in [0, 0.05) is 18.9 Å². The zero-order chi connectivity index (χ0) is 12.7. The third-order valence-corrected chi connectivity index (χ3v) is 3.80. The van der Waals surface area contributed by atoms with E-state index in [0.29, 0.717) is 0 Å². The van der Waals surface area contributed by atoms with E-state index < -0.39 is 35.2 Å². The van der Waals surface area contributed by atoms with E-state index in [-0.39, 0.29) is 18.9 Å². The maximum Gasteiger partial charge on any atom is 0.512 e. The molecule has 0 rings (SSSR count). The first kappa shape index (κ1) is 18.4. The van der Waals surface area contributed by atoms with Crippen molar-refractivity contribution in [2.75, 3.05) is 0 Å². The molecule has 16 heavy (non-hydrogen) atoms. The molecule has 0 saturated heterocycles. The minimum atomic E-state index is -6.60. The molecule has 0 aromatic carbocycles. The molecule has 0 amide bonds. The minimum Gasteiger partial charge on any atom is -0.202 e. The van der Waals surface area contributed by atoms with Gasteiger partial charge in [-0.05, 0) is 0 Å². The van der Waals surface area contributed by atoms with Crippen LogP contribution in [0.4, 0.5) is 26.3 Å². The van der Waals surface area contributed by atoms with Crippen LogP contribution in [-0.4, -0.2) is 46.7 Å². The smallest absolute Gasteiger partial charge is 0.202 e. The van der Waals surface area contributed by atoms with E-state index in [4.69, 9.17) is 0 Å². The molecule has 0 aliphatic rings. The van der Waals surface area contributed by atoms with Gasteiger partial charge in [0.05, 0.1) is 0 Å². The van der Waals surface area contributed by atoms with E-state index in [2.05, 4.69) is 0 Å². The van der Waals surface area contributed by atoms with E-state index in [9.17, 15) is 43.2 Å². The van der Waals surface area contributed by atoms with Crippen molar-refractivity contribution in [3.63, 3.8) is 0 Å². The molecule has 93 valence electrons. The molecule has 0 spiro atoms. The monoisotopic (exact) mass is 288 g/mol. The van der Waals surface area contributed by atoms with Gasteiger partial charge in [-0.25, -0.2) is 16.8 Å². The number of rotatable bonds is 2. The Labute approximate surface area is 97.5 Å². The Hall–Kier alpha value is 0.0374. The van der Waals surface area contributed by atoms with Crippen molar-refractivity contribution >= 4 is 38.9 Å². The molecule has 5 nitrogen and oxygen atoms in total. The van der Waals surface area contributed by atoms with Crippen LogP contribution in [-0.2, 0) is 20.0 Å². The van der Waals surface area contributed by atoms with E-state index >= 15 is 0 Å². The van der Waals surface area contributed by atoms with Gasteiger partial charge in [0.25, 0.3) is 0 Å². The molecule has 1 N–H and O–H groups in total. The van der Waals surface area contributed by atoms with E-state index in [1.165, 1.54) is 0 Å². The molecular weight excluding hydrogens is 287 g/mol. The van der Waals surface area contributed by atoms with Crippen LogP contribution in [0.5, 0.6) is 0 Å². The molecule has 0 fully saturated rings. The zero-order valence-corrected chi connectivity index (χ0v) is 8.85. The number of alkyl halides is 6. The summed E-state index contributed by atoms with van der Waals surface area (Å²) in [6.45, 7) is 0. The van der Waals surface area contributed by atoms with Gasteiger partial charge in [-0.15, -0.1) is 0 Å². The van der Waals surface area contributed by atoms with E-state index in [1.54, 1.807) is 0 Å². The second-order valence-corrected chi connectivity index (χ2v) is 5.59. The summed E-state index contributed by atoms with van der Waals surface area (Å²) in [5.41, 5.74) is -12.3. The van der Waals surface area contributed by atoms with Gasteiger partial charge in [0.2, 0.25) is 0 Å². The fourth-order valence-electron chi connectivity index (χ4n) is 0.239. The number of hydrogen-bond donors (Lipinski definition) is 1. The second-order valence-electron chi connectivity index (χ2n) is 1.98. The Bertz CT molecular complexity index is 390. The maximum atomic E-state index is 11.5. The Morgan fingerprint density at radius 3 is 1.00 bits per heavy atom. The van der Waals surface area contributed by atoms with Crippen molar-refractivity contribution in [3.05, 3.63) is 0 Å². The van der Waals surface area contributed by atoms with E-state index in [0.717, 1.165) is 0 Å². The second kappa shape index (κ2) is 4.73. The van der Waals surface area contributed by atoms with Gasteiger partial charge >= 0.3 is 31.1 Å². The quantitative estimate of drug-likeness (QED) is 0.568. The Balaban J connectivity index is 0. The largest absolute Gasteiger partial charge is 0.512 e. The SMILES string of the molecule is O=S(=O)(NS(=O)(=O)C(F)(F)F)C(F)(F)F.[Li]. The summed E-state index contributed by atoms with van der Waals surface area (Å²) in [6.07, 6.45) is 0. The summed E-state index contributed by atoms with van der Waals surface area (Å²) in [7, 11) is -13.2. The van der Waals surface area contributed by atoms with Gasteiger partial charge in [-0.2, -0.15) is 26.3 Å². The summed E-state index contributed by atoms with van der Waals surface area (Å²) < 4.78 is 108. The minimum absolute atomic E-state index is 0. The van der Waals surface area contributed by atoms with Crippen molar-refractivity contribution < 1.29 is 43.2 Å². The molecule has 0 unspecified atom stereocenters. The van der Waals surface area contributed by atoms with Gasteiger partial charge in [0.1, 0.15) is 0 Å². The Morgan fingerprint density at radius 1 is 0.688 bits per heavy atom. The average Bonchev–Trinajstić information content (AvgIpc) is 1.77. The third kappa shape index (κ3) is 4.13. The van der Waals surface area contributed by atoms with Gasteiger partial charge in [0.15, 0.2) is 0 Å². The Kier molecular flexibility index (Phi) is 5.44. The van der Waals surface area contributed by atoms with Crippen LogP contribution >= 0.6 is 0 Å². The molecule has 0 aromatic heterocycles. The van der Waals surface area contributed by atoms with Crippen LogP contribution in [0.15, 0.2) is 0 Å². The first-order valence-corrected chi connectivity index (χ1v) is 5.58. The predicted octanol–water partition coefficient (Wildman–Crippen LogP) is -0.106. The molecule has 0 heterocycles. The summed E-state index contributed by atoms with van der Waals surface area (Å²) in [4.78, 5) is 0. The van der Waals surface area contributed by atoms with Crippen molar-refractivity contribution in [1.29, 1.82) is 0 Å². The number of nitrogens with one attached hydrogen (secondary N) is 1. The van der Waals surface area contributed by atoms with Crippen LogP contribution in [0, 0.1) is 0 Å². The van der Waals surface area contributed by atoms with Crippen molar-refractivity contribution in [2.24, 2.45) is 0 Å². The molecule has 1 radical (unpaired) electrons. The molecule has 0 aromatic rings. The Morgan fingerprint density at radius 2 is 0.875 bits per heavy atom. The molecule has 0 aliphatic heterocycles. The number of sulfonamides is 2. The fourth-order valence-corrected chi connectivity index (χ4v) is 2.15. The summed E-state index contributed by atoms with van der Waals surface area (Å²) >= 11 is 0. The van der Waals surface area contributed by atoms with Gasteiger partial charge < -0.3 is 0 Å². The maximum absolute atomic E-state index is 11.5. The molecule has 0 atom stereocenters. The van der Waals surface area contributed by atoms with Crippen LogP contribution in [0.25, 0.3) is 0 Å². The van der Waals surface area contributed by atoms with Crippen LogP contribution < -0.4 is 4.13 Å². The van der Waals surface area contributed by atoms with Gasteiger partial charge in [-0.1, -0.05) is 4.13 Å². The molecule has 0 bridgehead atoms. The van der Waals surface area contributed by atoms with Crippen molar-refractivity contribution in [3.8, 4) is 0 Å². The standard InChI is InChI=1S/C2HF6NO4S2.Li/c3-1(4,5)14(10,11)9-15(12,13)2(6,7)8;/h9H;. The first-order valence-electron chi connectivity index (χ1n) is 2.62. The topological polar surface area (TPSA) is 80.3 Å². The van der Waals surface area contributed by atoms with Crippen LogP contribution in [0.1, 0.15) is 0 Å². The molecule has 0 aliphatic carbocycles. The predicted molar refractivity (Wildman–Crippen MR) is 38.8 cm³/mol. The summed E-state index contributed by atoms with van der Waals surface area (Å²) in [5, 5.41) is 0. The molecular formula is C2HF6LiNO4S2. The fraction of sp³-hybridized carbons (Fsp3) is 1.00. The number of halogens is 6. The van der Waals surface area contributed by atoms with Crippen molar-refractivity contribution in [2.45, 2.75) is 11.0 Å². The van der Waals surface area contributed by atoms with E-state index in [1.807, 2.05) is 0 Å². The average molecular weight is 288 g/mol. The zero-order valence-electron chi connectivity index (χ0n) is 7.22. The van der Waals surface area contributed by atoms with Crippen LogP contribution in [0.2, 0.25) is 0 Å².